The van der Waals surface area contributed by atoms with Gasteiger partial charge in [-0.15, -0.1) is 0 Å². The topological polar surface area (TPSA) is 55.1 Å². The van der Waals surface area contributed by atoms with Crippen LogP contribution in [0.25, 0.3) is 0 Å². The summed E-state index contributed by atoms with van der Waals surface area (Å²) in [6.07, 6.45) is 9.21. The lowest BCUT2D eigenvalue weighted by atomic mass is 10.0. The van der Waals surface area contributed by atoms with E-state index in [0.29, 0.717) is 5.76 Å². The van der Waals surface area contributed by atoms with Gasteiger partial charge in [0.25, 0.3) is 5.91 Å². The molecule has 1 amide bonds. The summed E-state index contributed by atoms with van der Waals surface area (Å²) in [6.45, 7) is 2.53. The number of nitrogens with zero attached hydrogens (tertiary/aromatic N) is 1. The first-order valence-corrected chi connectivity index (χ1v) is 6.97. The number of hydrogen-bond donors (Lipinski definition) is 1. The molecule has 1 heterocycles. The van der Waals surface area contributed by atoms with E-state index in [2.05, 4.69) is 10.5 Å². The number of carbonyl (C=O) groups is 1. The Labute approximate surface area is 108 Å². The molecule has 0 atom stereocenters. The van der Waals surface area contributed by atoms with Crippen LogP contribution >= 0.6 is 0 Å². The van der Waals surface area contributed by atoms with Gasteiger partial charge in [-0.3, -0.25) is 4.79 Å². The van der Waals surface area contributed by atoms with Crippen molar-refractivity contribution >= 4 is 5.91 Å². The van der Waals surface area contributed by atoms with Gasteiger partial charge in [0.2, 0.25) is 5.76 Å². The molecule has 4 heteroatoms. The van der Waals surface area contributed by atoms with E-state index < -0.39 is 0 Å². The molecule has 1 aromatic rings. The summed E-state index contributed by atoms with van der Waals surface area (Å²) in [7, 11) is 0. The van der Waals surface area contributed by atoms with Crippen LogP contribution in [0, 0.1) is 12.8 Å². The normalized spacial score (nSPS) is 16.1. The Morgan fingerprint density at radius 1 is 1.44 bits per heavy atom. The van der Waals surface area contributed by atoms with E-state index in [4.69, 9.17) is 4.52 Å². The van der Waals surface area contributed by atoms with E-state index in [9.17, 15) is 4.79 Å². The fourth-order valence-electron chi connectivity index (χ4n) is 2.62. The summed E-state index contributed by atoms with van der Waals surface area (Å²) < 4.78 is 4.90. The van der Waals surface area contributed by atoms with Crippen molar-refractivity contribution in [1.82, 2.24) is 10.5 Å². The van der Waals surface area contributed by atoms with E-state index in [1.165, 1.54) is 38.5 Å². The molecule has 0 unspecified atom stereocenters. The maximum absolute atomic E-state index is 11.6. The van der Waals surface area contributed by atoms with Crippen molar-refractivity contribution in [3.05, 3.63) is 17.5 Å². The van der Waals surface area contributed by atoms with E-state index in [1.807, 2.05) is 6.92 Å². The minimum absolute atomic E-state index is 0.156. The standard InChI is InChI=1S/C14H22N2O2/c1-11-10-13(18-16-11)14(17)15-9-5-4-8-12-6-2-3-7-12/h10,12H,2-9H2,1H3,(H,15,17). The molecule has 4 nitrogen and oxygen atoms in total. The third-order valence-electron chi connectivity index (χ3n) is 3.65. The van der Waals surface area contributed by atoms with Crippen LogP contribution in [-0.4, -0.2) is 17.6 Å². The highest BCUT2D eigenvalue weighted by atomic mass is 16.5. The summed E-state index contributed by atoms with van der Waals surface area (Å²) in [5.41, 5.74) is 0.737. The molecular weight excluding hydrogens is 228 g/mol. The molecule has 1 aromatic heterocycles. The van der Waals surface area contributed by atoms with Gasteiger partial charge in [0, 0.05) is 12.6 Å². The third kappa shape index (κ3) is 3.86. The molecule has 1 N–H and O–H groups in total. The van der Waals surface area contributed by atoms with Gasteiger partial charge in [-0.1, -0.05) is 43.7 Å². The lowest BCUT2D eigenvalue weighted by Crippen LogP contribution is -2.24. The van der Waals surface area contributed by atoms with Crippen LogP contribution in [0.1, 0.15) is 61.2 Å². The molecule has 18 heavy (non-hydrogen) atoms. The quantitative estimate of drug-likeness (QED) is 0.789. The Kier molecular flexibility index (Phi) is 4.79. The molecule has 2 rings (SSSR count). The van der Waals surface area contributed by atoms with Gasteiger partial charge in [-0.25, -0.2) is 0 Å². The zero-order chi connectivity index (χ0) is 12.8. The van der Waals surface area contributed by atoms with Crippen molar-refractivity contribution < 1.29 is 9.32 Å². The minimum atomic E-state index is -0.156. The Morgan fingerprint density at radius 3 is 2.89 bits per heavy atom. The third-order valence-corrected chi connectivity index (χ3v) is 3.65. The van der Waals surface area contributed by atoms with Gasteiger partial charge in [-0.2, -0.15) is 0 Å². The average Bonchev–Trinajstić information content (AvgIpc) is 2.99. The summed E-state index contributed by atoms with van der Waals surface area (Å²) in [5, 5.41) is 6.56. The molecule has 0 bridgehead atoms. The Balaban J connectivity index is 1.56. The molecule has 100 valence electrons. The first kappa shape index (κ1) is 13.1. The molecule has 1 fully saturated rings. The molecule has 0 saturated heterocycles. The number of rotatable bonds is 6. The highest BCUT2D eigenvalue weighted by Crippen LogP contribution is 2.28. The number of carbonyl (C=O) groups excluding carboxylic acids is 1. The van der Waals surface area contributed by atoms with E-state index in [-0.39, 0.29) is 5.91 Å². The second-order valence-corrected chi connectivity index (χ2v) is 5.23. The van der Waals surface area contributed by atoms with E-state index in [1.54, 1.807) is 6.07 Å². The van der Waals surface area contributed by atoms with Crippen LogP contribution in [0.3, 0.4) is 0 Å². The van der Waals surface area contributed by atoms with Crippen molar-refractivity contribution in [2.45, 2.75) is 51.9 Å². The van der Waals surface area contributed by atoms with Crippen LogP contribution in [0.5, 0.6) is 0 Å². The Bertz CT molecular complexity index is 381. The van der Waals surface area contributed by atoms with Crippen LogP contribution in [0.15, 0.2) is 10.6 Å². The maximum Gasteiger partial charge on any atom is 0.289 e. The Morgan fingerprint density at radius 2 is 2.22 bits per heavy atom. The molecular formula is C14H22N2O2. The number of amides is 1. The second-order valence-electron chi connectivity index (χ2n) is 5.23. The number of aromatic nitrogens is 1. The van der Waals surface area contributed by atoms with Gasteiger partial charge in [0.1, 0.15) is 0 Å². The number of unbranched alkanes of at least 4 members (excludes halogenated alkanes) is 1. The predicted octanol–water partition coefficient (Wildman–Crippen LogP) is 3.07. The number of nitrogens with one attached hydrogen (secondary N) is 1. The fraction of sp³-hybridized carbons (Fsp3) is 0.714. The van der Waals surface area contributed by atoms with Gasteiger partial charge < -0.3 is 9.84 Å². The van der Waals surface area contributed by atoms with E-state index >= 15 is 0 Å². The zero-order valence-electron chi connectivity index (χ0n) is 11.1. The van der Waals surface area contributed by atoms with Crippen molar-refractivity contribution in [3.63, 3.8) is 0 Å². The SMILES string of the molecule is Cc1cc(C(=O)NCCCCC2CCCC2)on1. The van der Waals surface area contributed by atoms with Crippen LogP contribution in [0.2, 0.25) is 0 Å². The number of aryl methyl sites for hydroxylation is 1. The minimum Gasteiger partial charge on any atom is -0.351 e. The zero-order valence-corrected chi connectivity index (χ0v) is 11.1. The Hall–Kier alpha value is -1.32. The van der Waals surface area contributed by atoms with Crippen molar-refractivity contribution in [1.29, 1.82) is 0 Å². The first-order chi connectivity index (χ1) is 8.75. The lowest BCUT2D eigenvalue weighted by molar-refractivity contribution is 0.0916. The summed E-state index contributed by atoms with van der Waals surface area (Å²) >= 11 is 0. The van der Waals surface area contributed by atoms with Crippen LogP contribution < -0.4 is 5.32 Å². The van der Waals surface area contributed by atoms with E-state index in [0.717, 1.165) is 24.6 Å². The highest BCUT2D eigenvalue weighted by molar-refractivity contribution is 5.91. The van der Waals surface area contributed by atoms with Crippen molar-refractivity contribution in [2.24, 2.45) is 5.92 Å². The molecule has 0 aliphatic heterocycles. The van der Waals surface area contributed by atoms with Crippen LogP contribution in [0.4, 0.5) is 0 Å². The van der Waals surface area contributed by atoms with Crippen molar-refractivity contribution in [3.8, 4) is 0 Å². The highest BCUT2D eigenvalue weighted by Gasteiger charge is 2.14. The predicted molar refractivity (Wildman–Crippen MR) is 69.4 cm³/mol. The molecule has 0 aromatic carbocycles. The molecule has 1 saturated carbocycles. The summed E-state index contributed by atoms with van der Waals surface area (Å²) in [4.78, 5) is 11.6. The van der Waals surface area contributed by atoms with Gasteiger partial charge >= 0.3 is 0 Å². The van der Waals surface area contributed by atoms with Gasteiger partial charge in [0.05, 0.1) is 5.69 Å². The molecule has 1 aliphatic carbocycles. The summed E-state index contributed by atoms with van der Waals surface area (Å²) in [6, 6.07) is 1.66. The maximum atomic E-state index is 11.6. The lowest BCUT2D eigenvalue weighted by Gasteiger charge is -2.08. The summed E-state index contributed by atoms with van der Waals surface area (Å²) in [5.74, 6) is 1.09. The van der Waals surface area contributed by atoms with Crippen molar-refractivity contribution in [2.75, 3.05) is 6.54 Å². The smallest absolute Gasteiger partial charge is 0.289 e. The van der Waals surface area contributed by atoms with Crippen LogP contribution in [-0.2, 0) is 0 Å². The monoisotopic (exact) mass is 250 g/mol. The first-order valence-electron chi connectivity index (χ1n) is 6.97. The average molecular weight is 250 g/mol. The van der Waals surface area contributed by atoms with Gasteiger partial charge in [0.15, 0.2) is 0 Å². The fourth-order valence-corrected chi connectivity index (χ4v) is 2.62. The largest absolute Gasteiger partial charge is 0.351 e. The molecule has 0 spiro atoms. The molecule has 1 aliphatic rings. The molecule has 0 radical (unpaired) electrons. The number of hydrogen-bond acceptors (Lipinski definition) is 3. The second kappa shape index (κ2) is 6.57. The van der Waals surface area contributed by atoms with Gasteiger partial charge in [-0.05, 0) is 19.3 Å².